The standard InChI is InChI=1S/C20H21N3O5/c1-27-12-7-8-15(17(11-12)28-2)21-18(24)10-9-16-20(26)22-14-6-4-3-5-13(14)19(25)23-16/h3-8,11,16H,9-10H2,1-2H3,(H,21,24)(H,22,26)(H,23,25)/t16-/m1/s1. The molecule has 0 spiro atoms. The number of fused-ring (bicyclic) bond motifs is 1. The molecule has 1 atom stereocenters. The van der Waals surface area contributed by atoms with Gasteiger partial charge in [-0.25, -0.2) is 0 Å². The van der Waals surface area contributed by atoms with Crippen molar-refractivity contribution in [2.75, 3.05) is 24.9 Å². The molecule has 0 fully saturated rings. The van der Waals surface area contributed by atoms with Crippen molar-refractivity contribution in [3.8, 4) is 11.5 Å². The van der Waals surface area contributed by atoms with Crippen LogP contribution in [-0.2, 0) is 9.59 Å². The first-order valence-electron chi connectivity index (χ1n) is 8.74. The Hall–Kier alpha value is -3.55. The third-order valence-electron chi connectivity index (χ3n) is 4.39. The molecule has 0 unspecified atom stereocenters. The fraction of sp³-hybridized carbons (Fsp3) is 0.250. The molecule has 8 heteroatoms. The van der Waals surface area contributed by atoms with E-state index in [1.165, 1.54) is 14.2 Å². The Balaban J connectivity index is 1.62. The number of hydrogen-bond acceptors (Lipinski definition) is 5. The van der Waals surface area contributed by atoms with Gasteiger partial charge in [0.1, 0.15) is 17.5 Å². The normalized spacial score (nSPS) is 15.6. The van der Waals surface area contributed by atoms with Gasteiger partial charge in [0.2, 0.25) is 11.8 Å². The molecule has 3 N–H and O–H groups in total. The van der Waals surface area contributed by atoms with Gasteiger partial charge in [-0.1, -0.05) is 12.1 Å². The zero-order chi connectivity index (χ0) is 20.1. The third kappa shape index (κ3) is 4.22. The van der Waals surface area contributed by atoms with Crippen LogP contribution >= 0.6 is 0 Å². The summed E-state index contributed by atoms with van der Waals surface area (Å²) in [6.07, 6.45) is 0.208. The molecule has 0 saturated carbocycles. The van der Waals surface area contributed by atoms with E-state index < -0.39 is 6.04 Å². The number of para-hydroxylation sites is 1. The van der Waals surface area contributed by atoms with Gasteiger partial charge in [0.05, 0.1) is 31.2 Å². The number of hydrogen-bond donors (Lipinski definition) is 3. The highest BCUT2D eigenvalue weighted by atomic mass is 16.5. The number of carbonyl (C=O) groups excluding carboxylic acids is 3. The van der Waals surface area contributed by atoms with Gasteiger partial charge >= 0.3 is 0 Å². The molecule has 3 amide bonds. The lowest BCUT2D eigenvalue weighted by molar-refractivity contribution is -0.118. The molecule has 1 aliphatic heterocycles. The molecule has 2 aromatic rings. The summed E-state index contributed by atoms with van der Waals surface area (Å²) in [5, 5.41) is 8.14. The number of methoxy groups -OCH3 is 2. The number of carbonyl (C=O) groups is 3. The van der Waals surface area contributed by atoms with E-state index in [4.69, 9.17) is 9.47 Å². The van der Waals surface area contributed by atoms with Crippen LogP contribution in [0.1, 0.15) is 23.2 Å². The van der Waals surface area contributed by atoms with Crippen LogP contribution < -0.4 is 25.4 Å². The van der Waals surface area contributed by atoms with Crippen molar-refractivity contribution in [1.82, 2.24) is 5.32 Å². The topological polar surface area (TPSA) is 106 Å². The summed E-state index contributed by atoms with van der Waals surface area (Å²) in [7, 11) is 3.03. The van der Waals surface area contributed by atoms with Crippen molar-refractivity contribution in [3.05, 3.63) is 48.0 Å². The fourth-order valence-corrected chi connectivity index (χ4v) is 2.90. The van der Waals surface area contributed by atoms with Crippen LogP contribution in [0.4, 0.5) is 11.4 Å². The van der Waals surface area contributed by atoms with Crippen molar-refractivity contribution in [2.24, 2.45) is 0 Å². The van der Waals surface area contributed by atoms with E-state index >= 15 is 0 Å². The quantitative estimate of drug-likeness (QED) is 0.709. The smallest absolute Gasteiger partial charge is 0.254 e. The maximum atomic E-state index is 12.4. The molecule has 0 bridgehead atoms. The van der Waals surface area contributed by atoms with Crippen molar-refractivity contribution < 1.29 is 23.9 Å². The molecule has 28 heavy (non-hydrogen) atoms. The summed E-state index contributed by atoms with van der Waals surface area (Å²) in [6, 6.07) is 11.0. The zero-order valence-corrected chi connectivity index (χ0v) is 15.6. The van der Waals surface area contributed by atoms with E-state index in [0.717, 1.165) is 0 Å². The lowest BCUT2D eigenvalue weighted by atomic mass is 10.1. The maximum absolute atomic E-state index is 12.4. The Morgan fingerprint density at radius 2 is 1.89 bits per heavy atom. The summed E-state index contributed by atoms with van der Waals surface area (Å²) < 4.78 is 10.4. The molecule has 0 aromatic heterocycles. The first-order chi connectivity index (χ1) is 13.5. The van der Waals surface area contributed by atoms with E-state index in [1.807, 2.05) is 0 Å². The van der Waals surface area contributed by atoms with Crippen LogP contribution in [0.15, 0.2) is 42.5 Å². The fourth-order valence-electron chi connectivity index (χ4n) is 2.90. The van der Waals surface area contributed by atoms with Crippen molar-refractivity contribution in [3.63, 3.8) is 0 Å². The minimum Gasteiger partial charge on any atom is -0.497 e. The highest BCUT2D eigenvalue weighted by Crippen LogP contribution is 2.29. The molecule has 8 nitrogen and oxygen atoms in total. The lowest BCUT2D eigenvalue weighted by Crippen LogP contribution is -2.41. The van der Waals surface area contributed by atoms with Gasteiger partial charge in [-0.2, -0.15) is 0 Å². The monoisotopic (exact) mass is 383 g/mol. The average Bonchev–Trinajstić information content (AvgIpc) is 2.82. The van der Waals surface area contributed by atoms with Gasteiger partial charge in [-0.05, 0) is 30.7 Å². The van der Waals surface area contributed by atoms with Crippen LogP contribution in [0, 0.1) is 0 Å². The molecule has 3 rings (SSSR count). The largest absolute Gasteiger partial charge is 0.497 e. The maximum Gasteiger partial charge on any atom is 0.254 e. The molecule has 2 aromatic carbocycles. The van der Waals surface area contributed by atoms with Gasteiger partial charge in [0.25, 0.3) is 5.91 Å². The molecular weight excluding hydrogens is 362 g/mol. The summed E-state index contributed by atoms with van der Waals surface area (Å²) in [4.78, 5) is 37.0. The average molecular weight is 383 g/mol. The Bertz CT molecular complexity index is 912. The highest BCUT2D eigenvalue weighted by molar-refractivity contribution is 6.10. The molecule has 0 aliphatic carbocycles. The van der Waals surface area contributed by atoms with Crippen molar-refractivity contribution in [2.45, 2.75) is 18.9 Å². The number of benzene rings is 2. The molecular formula is C20H21N3O5. The van der Waals surface area contributed by atoms with Crippen LogP contribution in [0.3, 0.4) is 0 Å². The van der Waals surface area contributed by atoms with Gasteiger partial charge in [-0.15, -0.1) is 0 Å². The number of amides is 3. The van der Waals surface area contributed by atoms with E-state index in [0.29, 0.717) is 28.4 Å². The Labute approximate surface area is 162 Å². The molecule has 0 saturated heterocycles. The van der Waals surface area contributed by atoms with E-state index in [1.54, 1.807) is 42.5 Å². The van der Waals surface area contributed by atoms with Crippen LogP contribution in [-0.4, -0.2) is 38.0 Å². The van der Waals surface area contributed by atoms with Crippen LogP contribution in [0.2, 0.25) is 0 Å². The number of ether oxygens (including phenoxy) is 2. The van der Waals surface area contributed by atoms with Crippen LogP contribution in [0.5, 0.6) is 11.5 Å². The second-order valence-corrected chi connectivity index (χ2v) is 6.21. The molecule has 0 radical (unpaired) electrons. The third-order valence-corrected chi connectivity index (χ3v) is 4.39. The minimum atomic E-state index is -0.802. The van der Waals surface area contributed by atoms with E-state index in [2.05, 4.69) is 16.0 Å². The van der Waals surface area contributed by atoms with Crippen molar-refractivity contribution in [1.29, 1.82) is 0 Å². The Kier molecular flexibility index (Phi) is 5.78. The van der Waals surface area contributed by atoms with E-state index in [9.17, 15) is 14.4 Å². The second-order valence-electron chi connectivity index (χ2n) is 6.21. The number of anilines is 2. The highest BCUT2D eigenvalue weighted by Gasteiger charge is 2.27. The van der Waals surface area contributed by atoms with Crippen molar-refractivity contribution >= 4 is 29.1 Å². The Morgan fingerprint density at radius 1 is 1.11 bits per heavy atom. The Morgan fingerprint density at radius 3 is 2.64 bits per heavy atom. The molecule has 146 valence electrons. The summed E-state index contributed by atoms with van der Waals surface area (Å²) in [5.74, 6) is 0.0625. The molecule has 1 aliphatic rings. The predicted octanol–water partition coefficient (Wildman–Crippen LogP) is 2.17. The van der Waals surface area contributed by atoms with E-state index in [-0.39, 0.29) is 30.6 Å². The number of rotatable bonds is 6. The first-order valence-corrected chi connectivity index (χ1v) is 8.74. The lowest BCUT2D eigenvalue weighted by Gasteiger charge is -2.15. The minimum absolute atomic E-state index is 0.0455. The summed E-state index contributed by atoms with van der Waals surface area (Å²) in [6.45, 7) is 0. The van der Waals surface area contributed by atoms with Gasteiger partial charge in [0.15, 0.2) is 0 Å². The zero-order valence-electron chi connectivity index (χ0n) is 15.6. The van der Waals surface area contributed by atoms with Gasteiger partial charge in [0, 0.05) is 12.5 Å². The van der Waals surface area contributed by atoms with Crippen LogP contribution in [0.25, 0.3) is 0 Å². The summed E-state index contributed by atoms with van der Waals surface area (Å²) >= 11 is 0. The van der Waals surface area contributed by atoms with Gasteiger partial charge in [-0.3, -0.25) is 14.4 Å². The predicted molar refractivity (Wildman–Crippen MR) is 104 cm³/mol. The summed E-state index contributed by atoms with van der Waals surface area (Å²) in [5.41, 5.74) is 1.35. The first kappa shape index (κ1) is 19.2. The second kappa shape index (κ2) is 8.43. The van der Waals surface area contributed by atoms with Gasteiger partial charge < -0.3 is 25.4 Å². The SMILES string of the molecule is COc1ccc(NC(=O)CC[C@H]2NC(=O)c3ccccc3NC2=O)c(OC)c1. The molecule has 1 heterocycles. The number of nitrogens with one attached hydrogen (secondary N) is 3.